The lowest BCUT2D eigenvalue weighted by Crippen LogP contribution is -2.31. The van der Waals surface area contributed by atoms with Crippen LogP contribution in [-0.2, 0) is 0 Å². The van der Waals surface area contributed by atoms with Gasteiger partial charge in [0.1, 0.15) is 0 Å². The third-order valence-corrected chi connectivity index (χ3v) is 3.90. The minimum atomic E-state index is 0.474. The van der Waals surface area contributed by atoms with Gasteiger partial charge in [-0.1, -0.05) is 43.1 Å². The summed E-state index contributed by atoms with van der Waals surface area (Å²) in [6, 6.07) is 10.5. The highest BCUT2D eigenvalue weighted by molar-refractivity contribution is 5.39. The topological polar surface area (TPSA) is 55.6 Å². The van der Waals surface area contributed by atoms with Crippen molar-refractivity contribution in [3.8, 4) is 5.69 Å². The van der Waals surface area contributed by atoms with Crippen molar-refractivity contribution >= 4 is 5.95 Å². The third kappa shape index (κ3) is 2.59. The van der Waals surface area contributed by atoms with Gasteiger partial charge in [0.05, 0.1) is 5.69 Å². The number of tetrazole rings is 1. The van der Waals surface area contributed by atoms with E-state index in [0.717, 1.165) is 11.6 Å². The minimum absolute atomic E-state index is 0.474. The molecule has 0 bridgehead atoms. The SMILES string of the molecule is C[C@H]1CCCC[C@H]1Nc1nnnn1-c1ccccc1. The summed E-state index contributed by atoms with van der Waals surface area (Å²) in [5, 5.41) is 15.5. The molecule has 0 radical (unpaired) electrons. The van der Waals surface area contributed by atoms with Gasteiger partial charge >= 0.3 is 0 Å². The largest absolute Gasteiger partial charge is 0.350 e. The zero-order valence-corrected chi connectivity index (χ0v) is 11.2. The number of benzene rings is 1. The van der Waals surface area contributed by atoms with Crippen LogP contribution >= 0.6 is 0 Å². The fourth-order valence-electron chi connectivity index (χ4n) is 2.72. The zero-order chi connectivity index (χ0) is 13.1. The molecule has 1 fully saturated rings. The molecule has 0 spiro atoms. The van der Waals surface area contributed by atoms with Crippen molar-refractivity contribution < 1.29 is 0 Å². The van der Waals surface area contributed by atoms with Gasteiger partial charge in [0.2, 0.25) is 5.95 Å². The molecule has 1 aliphatic rings. The Morgan fingerprint density at radius 3 is 2.74 bits per heavy atom. The van der Waals surface area contributed by atoms with Crippen LogP contribution in [0.3, 0.4) is 0 Å². The molecule has 5 heteroatoms. The molecule has 1 aromatic carbocycles. The first kappa shape index (κ1) is 12.1. The molecule has 0 amide bonds. The van der Waals surface area contributed by atoms with E-state index in [1.807, 2.05) is 30.3 Å². The van der Waals surface area contributed by atoms with E-state index in [0.29, 0.717) is 12.0 Å². The average Bonchev–Trinajstić information content (AvgIpc) is 2.91. The highest BCUT2D eigenvalue weighted by atomic mass is 15.6. The Bertz CT molecular complexity index is 522. The van der Waals surface area contributed by atoms with E-state index >= 15 is 0 Å². The lowest BCUT2D eigenvalue weighted by atomic mass is 9.86. The molecular weight excluding hydrogens is 238 g/mol. The monoisotopic (exact) mass is 257 g/mol. The van der Waals surface area contributed by atoms with Gasteiger partial charge in [0.15, 0.2) is 0 Å². The number of rotatable bonds is 3. The van der Waals surface area contributed by atoms with Gasteiger partial charge in [-0.2, -0.15) is 4.68 Å². The van der Waals surface area contributed by atoms with E-state index in [1.54, 1.807) is 4.68 Å². The van der Waals surface area contributed by atoms with Gasteiger partial charge in [-0.25, -0.2) is 0 Å². The molecule has 19 heavy (non-hydrogen) atoms. The molecule has 5 nitrogen and oxygen atoms in total. The highest BCUT2D eigenvalue weighted by Crippen LogP contribution is 2.26. The predicted molar refractivity (Wildman–Crippen MR) is 74.2 cm³/mol. The molecule has 0 unspecified atom stereocenters. The van der Waals surface area contributed by atoms with Crippen molar-refractivity contribution in [2.45, 2.75) is 38.6 Å². The number of nitrogens with zero attached hydrogens (tertiary/aromatic N) is 4. The van der Waals surface area contributed by atoms with E-state index in [2.05, 4.69) is 27.8 Å². The lowest BCUT2D eigenvalue weighted by Gasteiger charge is -2.29. The number of aromatic nitrogens is 4. The van der Waals surface area contributed by atoms with Crippen LogP contribution in [0.25, 0.3) is 5.69 Å². The smallest absolute Gasteiger partial charge is 0.247 e. The van der Waals surface area contributed by atoms with E-state index in [1.165, 1.54) is 25.7 Å². The number of nitrogens with one attached hydrogen (secondary N) is 1. The fourth-order valence-corrected chi connectivity index (χ4v) is 2.72. The van der Waals surface area contributed by atoms with Crippen LogP contribution < -0.4 is 5.32 Å². The molecule has 2 aromatic rings. The van der Waals surface area contributed by atoms with Gasteiger partial charge in [0, 0.05) is 6.04 Å². The normalized spacial score (nSPS) is 23.2. The lowest BCUT2D eigenvalue weighted by molar-refractivity contribution is 0.348. The summed E-state index contributed by atoms with van der Waals surface area (Å²) in [7, 11) is 0. The van der Waals surface area contributed by atoms with Crippen LogP contribution in [0.5, 0.6) is 0 Å². The second kappa shape index (κ2) is 5.38. The van der Waals surface area contributed by atoms with E-state index in [-0.39, 0.29) is 0 Å². The van der Waals surface area contributed by atoms with Crippen molar-refractivity contribution in [1.29, 1.82) is 0 Å². The molecule has 2 atom stereocenters. The Morgan fingerprint density at radius 2 is 1.95 bits per heavy atom. The van der Waals surface area contributed by atoms with Gasteiger partial charge in [0.25, 0.3) is 0 Å². The van der Waals surface area contributed by atoms with Crippen molar-refractivity contribution in [2.75, 3.05) is 5.32 Å². The molecule has 1 saturated carbocycles. The molecule has 0 aliphatic heterocycles. The van der Waals surface area contributed by atoms with Crippen molar-refractivity contribution in [2.24, 2.45) is 5.92 Å². The fraction of sp³-hybridized carbons (Fsp3) is 0.500. The molecule has 1 aliphatic carbocycles. The minimum Gasteiger partial charge on any atom is -0.350 e. The Morgan fingerprint density at radius 1 is 1.16 bits per heavy atom. The van der Waals surface area contributed by atoms with E-state index in [4.69, 9.17) is 0 Å². The van der Waals surface area contributed by atoms with Gasteiger partial charge in [-0.05, 0) is 41.3 Å². The maximum atomic E-state index is 4.11. The van der Waals surface area contributed by atoms with Gasteiger partial charge in [-0.3, -0.25) is 0 Å². The van der Waals surface area contributed by atoms with Crippen molar-refractivity contribution in [1.82, 2.24) is 20.2 Å². The maximum absolute atomic E-state index is 4.11. The molecule has 1 aromatic heterocycles. The maximum Gasteiger partial charge on any atom is 0.247 e. The Balaban J connectivity index is 1.81. The second-order valence-electron chi connectivity index (χ2n) is 5.26. The number of hydrogen-bond acceptors (Lipinski definition) is 4. The molecule has 1 heterocycles. The quantitative estimate of drug-likeness (QED) is 0.918. The number of hydrogen-bond donors (Lipinski definition) is 1. The van der Waals surface area contributed by atoms with Crippen LogP contribution in [0.4, 0.5) is 5.95 Å². The van der Waals surface area contributed by atoms with Crippen LogP contribution in [0.1, 0.15) is 32.6 Å². The first-order chi connectivity index (χ1) is 9.34. The summed E-state index contributed by atoms with van der Waals surface area (Å²) in [6.07, 6.45) is 5.10. The van der Waals surface area contributed by atoms with Crippen molar-refractivity contribution in [3.63, 3.8) is 0 Å². The first-order valence-electron chi connectivity index (χ1n) is 6.95. The van der Waals surface area contributed by atoms with Crippen LogP contribution in [-0.4, -0.2) is 26.2 Å². The summed E-state index contributed by atoms with van der Waals surface area (Å²) < 4.78 is 1.77. The molecule has 0 saturated heterocycles. The van der Waals surface area contributed by atoms with Crippen molar-refractivity contribution in [3.05, 3.63) is 30.3 Å². The van der Waals surface area contributed by atoms with Crippen LogP contribution in [0, 0.1) is 5.92 Å². The van der Waals surface area contributed by atoms with E-state index < -0.39 is 0 Å². The molecule has 1 N–H and O–H groups in total. The Hall–Kier alpha value is -1.91. The zero-order valence-electron chi connectivity index (χ0n) is 11.2. The Labute approximate surface area is 113 Å². The van der Waals surface area contributed by atoms with Crippen LogP contribution in [0.15, 0.2) is 30.3 Å². The van der Waals surface area contributed by atoms with Gasteiger partial charge < -0.3 is 5.32 Å². The number of anilines is 1. The average molecular weight is 257 g/mol. The molecule has 100 valence electrons. The summed E-state index contributed by atoms with van der Waals surface area (Å²) >= 11 is 0. The Kier molecular flexibility index (Phi) is 3.44. The summed E-state index contributed by atoms with van der Waals surface area (Å²) in [4.78, 5) is 0. The second-order valence-corrected chi connectivity index (χ2v) is 5.26. The summed E-state index contributed by atoms with van der Waals surface area (Å²) in [5.74, 6) is 1.42. The standard InChI is InChI=1S/C14H19N5/c1-11-7-5-6-10-13(11)15-14-16-17-18-19(14)12-8-3-2-4-9-12/h2-4,8-9,11,13H,5-7,10H2,1H3,(H,15,16,18)/t11-,13+/m0/s1. The third-order valence-electron chi connectivity index (χ3n) is 3.90. The number of para-hydroxylation sites is 1. The van der Waals surface area contributed by atoms with E-state index in [9.17, 15) is 0 Å². The summed E-state index contributed by atoms with van der Waals surface area (Å²) in [6.45, 7) is 2.30. The molecule has 3 rings (SSSR count). The predicted octanol–water partition coefficient (Wildman–Crippen LogP) is 2.65. The summed E-state index contributed by atoms with van der Waals surface area (Å²) in [5.41, 5.74) is 0.985. The highest BCUT2D eigenvalue weighted by Gasteiger charge is 2.23. The van der Waals surface area contributed by atoms with Gasteiger partial charge in [-0.15, -0.1) is 0 Å². The molecular formula is C14H19N5. The van der Waals surface area contributed by atoms with Crippen LogP contribution in [0.2, 0.25) is 0 Å². The first-order valence-corrected chi connectivity index (χ1v) is 6.95.